The van der Waals surface area contributed by atoms with Crippen LogP contribution in [-0.4, -0.2) is 89.0 Å². The first-order valence-corrected chi connectivity index (χ1v) is 27.1. The van der Waals surface area contributed by atoms with Crippen molar-refractivity contribution >= 4 is 0 Å². The van der Waals surface area contributed by atoms with Gasteiger partial charge in [0.05, 0.1) is 19.3 Å². The summed E-state index contributed by atoms with van der Waals surface area (Å²) in [6.07, 6.45) is 16.4. The van der Waals surface area contributed by atoms with Crippen LogP contribution in [0.4, 0.5) is 0 Å². The average molecular weight is 922 g/mol. The summed E-state index contributed by atoms with van der Waals surface area (Å²) in [7, 11) is 0. The highest BCUT2D eigenvalue weighted by atomic mass is 16.5. The van der Waals surface area contributed by atoms with Crippen molar-refractivity contribution in [1.29, 1.82) is 0 Å². The van der Waals surface area contributed by atoms with E-state index in [-0.39, 0.29) is 12.7 Å². The van der Waals surface area contributed by atoms with Crippen LogP contribution in [0.25, 0.3) is 0 Å². The first-order chi connectivity index (χ1) is 30.0. The van der Waals surface area contributed by atoms with Gasteiger partial charge in [-0.15, -0.1) is 0 Å². The van der Waals surface area contributed by atoms with E-state index < -0.39 is 0 Å². The van der Waals surface area contributed by atoms with Gasteiger partial charge in [-0.3, -0.25) is 0 Å². The van der Waals surface area contributed by atoms with Crippen LogP contribution in [0.15, 0.2) is 0 Å². The maximum absolute atomic E-state index is 9.50. The van der Waals surface area contributed by atoms with Crippen LogP contribution >= 0.6 is 0 Å². The van der Waals surface area contributed by atoms with Gasteiger partial charge in [0.2, 0.25) is 0 Å². The molecule has 7 heteroatoms. The fraction of sp³-hybridized carbons (Fsp3) is 1.00. The SMILES string of the molecule is CC(C)CCCOCC(CO)C(C)C.CC(C)CCCOCC(O)CC(C)C.CC(C)CCCOCCC(C)C.CC(C)CCCOCCCC(C)C.CC(C)CCOCCC(C)C. The van der Waals surface area contributed by atoms with Gasteiger partial charge in [-0.25, -0.2) is 0 Å². The van der Waals surface area contributed by atoms with Crippen molar-refractivity contribution in [3.8, 4) is 0 Å². The largest absolute Gasteiger partial charge is 0.396 e. The molecule has 64 heavy (non-hydrogen) atoms. The highest BCUT2D eigenvalue weighted by Gasteiger charge is 2.12. The number of aliphatic hydroxyl groups is 2. The molecule has 0 amide bonds. The Hall–Kier alpha value is -0.280. The van der Waals surface area contributed by atoms with Crippen molar-refractivity contribution in [1.82, 2.24) is 0 Å². The maximum Gasteiger partial charge on any atom is 0.0776 e. The van der Waals surface area contributed by atoms with E-state index in [0.717, 1.165) is 119 Å². The van der Waals surface area contributed by atoms with Crippen molar-refractivity contribution in [3.63, 3.8) is 0 Å². The van der Waals surface area contributed by atoms with Crippen molar-refractivity contribution in [3.05, 3.63) is 0 Å². The van der Waals surface area contributed by atoms with Crippen LogP contribution in [0.1, 0.15) is 228 Å². The van der Waals surface area contributed by atoms with E-state index in [0.29, 0.717) is 31.0 Å². The fourth-order valence-corrected chi connectivity index (χ4v) is 5.75. The summed E-state index contributed by atoms with van der Waals surface area (Å²) in [6.45, 7) is 53.0. The molecule has 394 valence electrons. The van der Waals surface area contributed by atoms with Gasteiger partial charge in [0.1, 0.15) is 0 Å². The molecule has 0 aliphatic rings. The molecule has 2 unspecified atom stereocenters. The second-order valence-corrected chi connectivity index (χ2v) is 22.7. The predicted molar refractivity (Wildman–Crippen MR) is 284 cm³/mol. The van der Waals surface area contributed by atoms with E-state index in [2.05, 4.69) is 138 Å². The van der Waals surface area contributed by atoms with Gasteiger partial charge >= 0.3 is 0 Å². The second-order valence-electron chi connectivity index (χ2n) is 22.7. The minimum atomic E-state index is -0.283. The lowest BCUT2D eigenvalue weighted by molar-refractivity contribution is 0.0245. The summed E-state index contributed by atoms with van der Waals surface area (Å²) >= 11 is 0. The minimum Gasteiger partial charge on any atom is -0.396 e. The molecule has 0 bridgehead atoms. The Bertz CT molecular complexity index is 776. The third-order valence-corrected chi connectivity index (χ3v) is 10.4. The molecule has 0 radical (unpaired) electrons. The van der Waals surface area contributed by atoms with E-state index in [1.165, 1.54) is 70.6 Å². The van der Waals surface area contributed by atoms with Crippen LogP contribution < -0.4 is 0 Å². The van der Waals surface area contributed by atoms with E-state index in [9.17, 15) is 5.11 Å². The molecular formula is C57H124O7. The zero-order valence-corrected chi connectivity index (χ0v) is 47.5. The van der Waals surface area contributed by atoms with Gasteiger partial charge in [-0.2, -0.15) is 0 Å². The standard InChI is InChI=1S/2C12H26O2.C12H26O.C11H24O.C10H22O/c1-10(2)6-5-7-14-9-12(8-13)11(3)4;1-10(2)6-5-7-14-9-12(13)8-11(3)4;1-11(2)7-5-9-13-10-6-8-12(3)4;1-10(2)6-5-8-12-9-7-11(3)4;1-9(2)5-7-11-8-6-10(3)4/h2*10-13H,5-9H2,1-4H3;11-12H,5-10H2,1-4H3;10-11H,5-9H2,1-4H3;9-10H,5-8H2,1-4H3. The maximum atomic E-state index is 9.50. The molecule has 0 saturated carbocycles. The van der Waals surface area contributed by atoms with Crippen molar-refractivity contribution in [2.24, 2.45) is 65.1 Å². The van der Waals surface area contributed by atoms with Crippen LogP contribution in [0, 0.1) is 65.1 Å². The van der Waals surface area contributed by atoms with E-state index in [4.69, 9.17) is 28.8 Å². The normalized spacial score (nSPS) is 12.6. The molecule has 0 aliphatic carbocycles. The Labute approximate surface area is 404 Å². The molecular weight excluding hydrogens is 797 g/mol. The summed E-state index contributed by atoms with van der Waals surface area (Å²) in [5.41, 5.74) is 0. The van der Waals surface area contributed by atoms with E-state index in [1.807, 2.05) is 0 Å². The zero-order chi connectivity index (χ0) is 50.1. The number of rotatable bonds is 37. The van der Waals surface area contributed by atoms with Gasteiger partial charge < -0.3 is 33.9 Å². The lowest BCUT2D eigenvalue weighted by Gasteiger charge is -2.18. The first-order valence-electron chi connectivity index (χ1n) is 27.1. The third-order valence-electron chi connectivity index (χ3n) is 10.4. The van der Waals surface area contributed by atoms with Gasteiger partial charge in [-0.1, -0.05) is 138 Å². The Kier molecular flexibility index (Phi) is 62.8. The average Bonchev–Trinajstić information content (AvgIpc) is 3.16. The summed E-state index contributed by atoms with van der Waals surface area (Å²) in [5, 5.41) is 18.6. The van der Waals surface area contributed by atoms with Crippen LogP contribution in [0.3, 0.4) is 0 Å². The molecule has 2 N–H and O–H groups in total. The number of hydrogen-bond acceptors (Lipinski definition) is 7. The van der Waals surface area contributed by atoms with Gasteiger partial charge in [0.15, 0.2) is 0 Å². The molecule has 0 saturated heterocycles. The van der Waals surface area contributed by atoms with Crippen LogP contribution in [0.2, 0.25) is 0 Å². The number of aliphatic hydroxyl groups excluding tert-OH is 2. The second kappa shape index (κ2) is 55.3. The summed E-state index contributed by atoms with van der Waals surface area (Å²) in [4.78, 5) is 0. The van der Waals surface area contributed by atoms with Gasteiger partial charge in [-0.05, 0) is 149 Å². The number of hydrogen-bond donors (Lipinski definition) is 2. The van der Waals surface area contributed by atoms with Crippen LogP contribution in [-0.2, 0) is 23.7 Å². The minimum absolute atomic E-state index is 0.238. The first kappa shape index (κ1) is 72.7. The highest BCUT2D eigenvalue weighted by molar-refractivity contribution is 4.60. The monoisotopic (exact) mass is 921 g/mol. The van der Waals surface area contributed by atoms with E-state index >= 15 is 0 Å². The highest BCUT2D eigenvalue weighted by Crippen LogP contribution is 2.12. The lowest BCUT2D eigenvalue weighted by atomic mass is 9.98. The third kappa shape index (κ3) is 81.9. The van der Waals surface area contributed by atoms with Crippen molar-refractivity contribution < 1.29 is 33.9 Å². The smallest absolute Gasteiger partial charge is 0.0776 e. The molecule has 0 rings (SSSR count). The molecule has 0 aromatic rings. The Morgan fingerprint density at radius 1 is 0.297 bits per heavy atom. The quantitative estimate of drug-likeness (QED) is 0.0600. The molecule has 2 atom stereocenters. The molecule has 0 aromatic heterocycles. The molecule has 0 spiro atoms. The fourth-order valence-electron chi connectivity index (χ4n) is 5.75. The molecule has 0 heterocycles. The van der Waals surface area contributed by atoms with Crippen molar-refractivity contribution in [2.75, 3.05) is 72.7 Å². The molecule has 0 fully saturated rings. The van der Waals surface area contributed by atoms with Gasteiger partial charge in [0.25, 0.3) is 0 Å². The van der Waals surface area contributed by atoms with E-state index in [1.54, 1.807) is 0 Å². The summed E-state index contributed by atoms with van der Waals surface area (Å²) in [5.74, 6) is 7.63. The van der Waals surface area contributed by atoms with Gasteiger partial charge in [0, 0.05) is 65.4 Å². The summed E-state index contributed by atoms with van der Waals surface area (Å²) < 4.78 is 27.4. The topological polar surface area (TPSA) is 86.6 Å². The lowest BCUT2D eigenvalue weighted by Crippen LogP contribution is -2.20. The molecule has 0 aliphatic heterocycles. The Morgan fingerprint density at radius 3 is 0.797 bits per heavy atom. The Balaban J connectivity index is -0.000000227. The number of ether oxygens (including phenoxy) is 5. The Morgan fingerprint density at radius 2 is 0.547 bits per heavy atom. The van der Waals surface area contributed by atoms with Crippen molar-refractivity contribution in [2.45, 2.75) is 234 Å². The van der Waals surface area contributed by atoms with Crippen LogP contribution in [0.5, 0.6) is 0 Å². The summed E-state index contributed by atoms with van der Waals surface area (Å²) in [6, 6.07) is 0. The predicted octanol–water partition coefficient (Wildman–Crippen LogP) is 16.0. The molecule has 0 aromatic carbocycles. The molecule has 7 nitrogen and oxygen atoms in total. The zero-order valence-electron chi connectivity index (χ0n) is 47.5.